The first-order chi connectivity index (χ1) is 8.99. The normalized spacial score (nSPS) is 17.6. The molecule has 1 aromatic rings. The van der Waals surface area contributed by atoms with Crippen molar-refractivity contribution in [2.75, 3.05) is 19.8 Å². The van der Waals surface area contributed by atoms with Gasteiger partial charge in [0, 0.05) is 24.2 Å². The van der Waals surface area contributed by atoms with Crippen LogP contribution in [0.5, 0.6) is 0 Å². The summed E-state index contributed by atoms with van der Waals surface area (Å²) >= 11 is 9.22. The highest BCUT2D eigenvalue weighted by molar-refractivity contribution is 9.10. The second-order valence-electron chi connectivity index (χ2n) is 4.48. The molecule has 0 radical (unpaired) electrons. The Morgan fingerprint density at radius 1 is 1.37 bits per heavy atom. The van der Waals surface area contributed by atoms with E-state index in [-0.39, 0.29) is 9.92 Å². The SMILES string of the molecule is O=S(=O)(NCC1CCOCC1)c1ccc(Br)cc1Cl. The van der Waals surface area contributed by atoms with Crippen LogP contribution < -0.4 is 4.72 Å². The van der Waals surface area contributed by atoms with E-state index in [1.165, 1.54) is 6.07 Å². The van der Waals surface area contributed by atoms with E-state index in [1.807, 2.05) is 0 Å². The lowest BCUT2D eigenvalue weighted by atomic mass is 10.0. The van der Waals surface area contributed by atoms with Crippen molar-refractivity contribution >= 4 is 37.6 Å². The molecule has 7 heteroatoms. The van der Waals surface area contributed by atoms with Gasteiger partial charge in [0.25, 0.3) is 0 Å². The lowest BCUT2D eigenvalue weighted by Gasteiger charge is -2.22. The Kier molecular flexibility index (Phi) is 5.25. The van der Waals surface area contributed by atoms with Gasteiger partial charge in [0.05, 0.1) is 5.02 Å². The van der Waals surface area contributed by atoms with Gasteiger partial charge < -0.3 is 4.74 Å². The molecular formula is C12H15BrClNO3S. The molecule has 1 saturated heterocycles. The number of hydrogen-bond donors (Lipinski definition) is 1. The summed E-state index contributed by atoms with van der Waals surface area (Å²) in [5.74, 6) is 0.331. The minimum atomic E-state index is -3.55. The van der Waals surface area contributed by atoms with Crippen LogP contribution in [0.1, 0.15) is 12.8 Å². The van der Waals surface area contributed by atoms with Crippen molar-refractivity contribution < 1.29 is 13.2 Å². The molecule has 1 aliphatic heterocycles. The van der Waals surface area contributed by atoms with Crippen molar-refractivity contribution in [2.24, 2.45) is 5.92 Å². The van der Waals surface area contributed by atoms with E-state index in [0.29, 0.717) is 25.7 Å². The maximum absolute atomic E-state index is 12.2. The minimum absolute atomic E-state index is 0.115. The highest BCUT2D eigenvalue weighted by Crippen LogP contribution is 2.25. The van der Waals surface area contributed by atoms with Gasteiger partial charge in [-0.1, -0.05) is 27.5 Å². The Morgan fingerprint density at radius 2 is 2.05 bits per heavy atom. The Balaban J connectivity index is 2.05. The first kappa shape index (κ1) is 15.3. The molecule has 2 rings (SSSR count). The highest BCUT2D eigenvalue weighted by atomic mass is 79.9. The minimum Gasteiger partial charge on any atom is -0.381 e. The number of sulfonamides is 1. The van der Waals surface area contributed by atoms with Crippen LogP contribution in [0, 0.1) is 5.92 Å². The molecule has 1 aromatic carbocycles. The average molecular weight is 369 g/mol. The summed E-state index contributed by atoms with van der Waals surface area (Å²) in [7, 11) is -3.55. The standard InChI is InChI=1S/C12H15BrClNO3S/c13-10-1-2-12(11(14)7-10)19(16,17)15-8-9-3-5-18-6-4-9/h1-2,7,9,15H,3-6,8H2. The molecule has 4 nitrogen and oxygen atoms in total. The van der Waals surface area contributed by atoms with Crippen LogP contribution in [0.15, 0.2) is 27.6 Å². The topological polar surface area (TPSA) is 55.4 Å². The highest BCUT2D eigenvalue weighted by Gasteiger charge is 2.21. The molecule has 1 N–H and O–H groups in total. The van der Waals surface area contributed by atoms with Crippen LogP contribution in [-0.4, -0.2) is 28.2 Å². The molecule has 0 aromatic heterocycles. The van der Waals surface area contributed by atoms with Crippen LogP contribution in [0.25, 0.3) is 0 Å². The molecule has 0 bridgehead atoms. The van der Waals surface area contributed by atoms with Gasteiger partial charge in [0.2, 0.25) is 10.0 Å². The summed E-state index contributed by atoms with van der Waals surface area (Å²) in [5, 5.41) is 0.217. The van der Waals surface area contributed by atoms with Gasteiger partial charge in [0.1, 0.15) is 4.90 Å². The predicted molar refractivity (Wildman–Crippen MR) is 77.9 cm³/mol. The lowest BCUT2D eigenvalue weighted by Crippen LogP contribution is -2.32. The van der Waals surface area contributed by atoms with Gasteiger partial charge in [-0.25, -0.2) is 13.1 Å². The fraction of sp³-hybridized carbons (Fsp3) is 0.500. The summed E-state index contributed by atoms with van der Waals surface area (Å²) in [6, 6.07) is 4.73. The van der Waals surface area contributed by atoms with Crippen LogP contribution in [0.3, 0.4) is 0 Å². The van der Waals surface area contributed by atoms with Gasteiger partial charge in [0.15, 0.2) is 0 Å². The van der Waals surface area contributed by atoms with E-state index in [2.05, 4.69) is 20.7 Å². The molecule has 0 atom stereocenters. The number of benzene rings is 1. The number of nitrogens with one attached hydrogen (secondary N) is 1. The zero-order valence-electron chi connectivity index (χ0n) is 10.2. The van der Waals surface area contributed by atoms with E-state index >= 15 is 0 Å². The summed E-state index contributed by atoms with van der Waals surface area (Å²) < 4.78 is 32.9. The quantitative estimate of drug-likeness (QED) is 0.889. The number of hydrogen-bond acceptors (Lipinski definition) is 3. The molecule has 1 aliphatic rings. The zero-order chi connectivity index (χ0) is 13.9. The monoisotopic (exact) mass is 367 g/mol. The van der Waals surface area contributed by atoms with Crippen molar-refractivity contribution in [3.63, 3.8) is 0 Å². The fourth-order valence-electron chi connectivity index (χ4n) is 1.95. The second kappa shape index (κ2) is 6.54. The molecule has 0 saturated carbocycles. The number of halogens is 2. The molecule has 1 fully saturated rings. The van der Waals surface area contributed by atoms with Gasteiger partial charge in [-0.15, -0.1) is 0 Å². The Bertz CT molecular complexity index is 544. The Labute approximate surface area is 126 Å². The molecule has 1 heterocycles. The van der Waals surface area contributed by atoms with Crippen molar-refractivity contribution in [1.82, 2.24) is 4.72 Å². The van der Waals surface area contributed by atoms with Gasteiger partial charge in [-0.3, -0.25) is 0 Å². The zero-order valence-corrected chi connectivity index (χ0v) is 13.4. The van der Waals surface area contributed by atoms with E-state index in [9.17, 15) is 8.42 Å². The molecule has 0 unspecified atom stereocenters. The largest absolute Gasteiger partial charge is 0.381 e. The number of ether oxygens (including phenoxy) is 1. The smallest absolute Gasteiger partial charge is 0.242 e. The second-order valence-corrected chi connectivity index (χ2v) is 7.54. The summed E-state index contributed by atoms with van der Waals surface area (Å²) in [6.07, 6.45) is 1.77. The average Bonchev–Trinajstić information content (AvgIpc) is 2.37. The van der Waals surface area contributed by atoms with Gasteiger partial charge >= 0.3 is 0 Å². The summed E-state index contributed by atoms with van der Waals surface area (Å²) in [4.78, 5) is 0.115. The third-order valence-electron chi connectivity index (χ3n) is 3.09. The first-order valence-electron chi connectivity index (χ1n) is 6.01. The lowest BCUT2D eigenvalue weighted by molar-refractivity contribution is 0.0678. The van der Waals surface area contributed by atoms with Crippen molar-refractivity contribution in [3.05, 3.63) is 27.7 Å². The molecule has 0 aliphatic carbocycles. The van der Waals surface area contributed by atoms with Gasteiger partial charge in [-0.2, -0.15) is 0 Å². The molecular weight excluding hydrogens is 354 g/mol. The van der Waals surface area contributed by atoms with Crippen LogP contribution in [-0.2, 0) is 14.8 Å². The molecule has 106 valence electrons. The third-order valence-corrected chi connectivity index (χ3v) is 5.49. The number of rotatable bonds is 4. The molecule has 19 heavy (non-hydrogen) atoms. The summed E-state index contributed by atoms with van der Waals surface area (Å²) in [6.45, 7) is 1.83. The Morgan fingerprint density at radius 3 is 2.68 bits per heavy atom. The van der Waals surface area contributed by atoms with Crippen molar-refractivity contribution in [2.45, 2.75) is 17.7 Å². The maximum Gasteiger partial charge on any atom is 0.242 e. The van der Waals surface area contributed by atoms with Crippen LogP contribution >= 0.6 is 27.5 Å². The fourth-order valence-corrected chi connectivity index (χ4v) is 4.10. The third kappa shape index (κ3) is 4.16. The first-order valence-corrected chi connectivity index (χ1v) is 8.67. The van der Waals surface area contributed by atoms with E-state index in [4.69, 9.17) is 16.3 Å². The summed E-state index contributed by atoms with van der Waals surface area (Å²) in [5.41, 5.74) is 0. The van der Waals surface area contributed by atoms with Gasteiger partial charge in [-0.05, 0) is 37.0 Å². The molecule has 0 spiro atoms. The maximum atomic E-state index is 12.2. The van der Waals surface area contributed by atoms with Crippen LogP contribution in [0.2, 0.25) is 5.02 Å². The van der Waals surface area contributed by atoms with E-state index in [1.54, 1.807) is 12.1 Å². The molecule has 0 amide bonds. The van der Waals surface area contributed by atoms with E-state index in [0.717, 1.165) is 17.3 Å². The van der Waals surface area contributed by atoms with Crippen LogP contribution in [0.4, 0.5) is 0 Å². The van der Waals surface area contributed by atoms with E-state index < -0.39 is 10.0 Å². The van der Waals surface area contributed by atoms with Crippen molar-refractivity contribution in [1.29, 1.82) is 0 Å². The van der Waals surface area contributed by atoms with Crippen molar-refractivity contribution in [3.8, 4) is 0 Å². The Hall–Kier alpha value is -0.140. The predicted octanol–water partition coefficient (Wildman–Crippen LogP) is 2.81.